The third-order valence-corrected chi connectivity index (χ3v) is 2.79. The number of nitrogens with one attached hydrogen (secondary N) is 3. The maximum atomic E-state index is 11.4. The number of amides is 1. The summed E-state index contributed by atoms with van der Waals surface area (Å²) in [6, 6.07) is 1.87. The van der Waals surface area contributed by atoms with Crippen LogP contribution in [0.5, 0.6) is 0 Å². The highest BCUT2D eigenvalue weighted by Crippen LogP contribution is 2.22. The van der Waals surface area contributed by atoms with Crippen LogP contribution in [-0.2, 0) is 10.2 Å². The zero-order valence-electron chi connectivity index (χ0n) is 13.7. The summed E-state index contributed by atoms with van der Waals surface area (Å²) in [5, 5.41) is 9.18. The molecule has 118 valence electrons. The van der Waals surface area contributed by atoms with E-state index in [1.807, 2.05) is 19.9 Å². The normalized spacial score (nSPS) is 11.1. The van der Waals surface area contributed by atoms with E-state index < -0.39 is 0 Å². The van der Waals surface area contributed by atoms with Crippen molar-refractivity contribution in [2.45, 2.75) is 46.5 Å². The first-order valence-corrected chi connectivity index (χ1v) is 7.50. The maximum absolute atomic E-state index is 11.4. The molecule has 0 radical (unpaired) electrons. The smallest absolute Gasteiger partial charge is 0.221 e. The first kappa shape index (κ1) is 17.2. The van der Waals surface area contributed by atoms with Crippen molar-refractivity contribution < 1.29 is 4.79 Å². The quantitative estimate of drug-likeness (QED) is 0.718. The Morgan fingerprint density at radius 2 is 1.71 bits per heavy atom. The molecule has 0 aromatic carbocycles. The molecule has 0 aliphatic rings. The van der Waals surface area contributed by atoms with Crippen molar-refractivity contribution in [3.63, 3.8) is 0 Å². The van der Waals surface area contributed by atoms with Gasteiger partial charge in [0.25, 0.3) is 0 Å². The van der Waals surface area contributed by atoms with E-state index >= 15 is 0 Å². The minimum Gasteiger partial charge on any atom is -0.370 e. The summed E-state index contributed by atoms with van der Waals surface area (Å²) >= 11 is 0. The number of hydrogen-bond acceptors (Lipinski definition) is 5. The van der Waals surface area contributed by atoms with Crippen molar-refractivity contribution in [3.8, 4) is 0 Å². The monoisotopic (exact) mass is 293 g/mol. The average molecular weight is 293 g/mol. The SMILES string of the molecule is CCNC(=O)CCNc1cc(NCC)nc(C(C)(C)C)n1. The van der Waals surface area contributed by atoms with E-state index in [1.165, 1.54) is 0 Å². The Bertz CT molecular complexity index is 468. The maximum Gasteiger partial charge on any atom is 0.221 e. The Labute approximate surface area is 127 Å². The van der Waals surface area contributed by atoms with Crippen LogP contribution < -0.4 is 16.0 Å². The molecule has 0 aliphatic carbocycles. The van der Waals surface area contributed by atoms with Crippen LogP contribution in [0.2, 0.25) is 0 Å². The summed E-state index contributed by atoms with van der Waals surface area (Å²) in [6.45, 7) is 12.2. The van der Waals surface area contributed by atoms with Crippen LogP contribution in [0.1, 0.15) is 46.9 Å². The van der Waals surface area contributed by atoms with Crippen molar-refractivity contribution in [3.05, 3.63) is 11.9 Å². The number of carbonyl (C=O) groups excluding carboxylic acids is 1. The van der Waals surface area contributed by atoms with Gasteiger partial charge in [-0.15, -0.1) is 0 Å². The summed E-state index contributed by atoms with van der Waals surface area (Å²) in [5.41, 5.74) is -0.124. The summed E-state index contributed by atoms with van der Waals surface area (Å²) in [7, 11) is 0. The van der Waals surface area contributed by atoms with Crippen molar-refractivity contribution in [2.24, 2.45) is 0 Å². The third kappa shape index (κ3) is 5.97. The Balaban J connectivity index is 2.76. The largest absolute Gasteiger partial charge is 0.370 e. The number of nitrogens with zero attached hydrogens (tertiary/aromatic N) is 2. The fourth-order valence-corrected chi connectivity index (χ4v) is 1.73. The molecule has 21 heavy (non-hydrogen) atoms. The summed E-state index contributed by atoms with van der Waals surface area (Å²) in [6.07, 6.45) is 0.430. The van der Waals surface area contributed by atoms with Crippen LogP contribution in [0.4, 0.5) is 11.6 Å². The molecule has 0 aliphatic heterocycles. The van der Waals surface area contributed by atoms with Crippen LogP contribution >= 0.6 is 0 Å². The lowest BCUT2D eigenvalue weighted by Gasteiger charge is -2.19. The van der Waals surface area contributed by atoms with E-state index in [9.17, 15) is 4.79 Å². The highest BCUT2D eigenvalue weighted by molar-refractivity contribution is 5.76. The van der Waals surface area contributed by atoms with E-state index in [1.54, 1.807) is 0 Å². The van der Waals surface area contributed by atoms with Crippen molar-refractivity contribution >= 4 is 17.5 Å². The van der Waals surface area contributed by atoms with Gasteiger partial charge in [-0.1, -0.05) is 20.8 Å². The van der Waals surface area contributed by atoms with Crippen LogP contribution in [0, 0.1) is 0 Å². The molecule has 6 heteroatoms. The molecule has 0 fully saturated rings. The zero-order chi connectivity index (χ0) is 15.9. The van der Waals surface area contributed by atoms with E-state index in [0.29, 0.717) is 19.5 Å². The van der Waals surface area contributed by atoms with Gasteiger partial charge in [-0.25, -0.2) is 9.97 Å². The fourth-order valence-electron chi connectivity index (χ4n) is 1.73. The lowest BCUT2D eigenvalue weighted by molar-refractivity contribution is -0.120. The van der Waals surface area contributed by atoms with Crippen molar-refractivity contribution in [1.29, 1.82) is 0 Å². The third-order valence-electron chi connectivity index (χ3n) is 2.79. The Kier molecular flexibility index (Phi) is 6.39. The summed E-state index contributed by atoms with van der Waals surface area (Å²) in [4.78, 5) is 20.5. The fraction of sp³-hybridized carbons (Fsp3) is 0.667. The van der Waals surface area contributed by atoms with E-state index in [4.69, 9.17) is 0 Å². The molecule has 1 rings (SSSR count). The van der Waals surface area contributed by atoms with Crippen LogP contribution in [0.25, 0.3) is 0 Å². The number of rotatable bonds is 7. The van der Waals surface area contributed by atoms with Crippen LogP contribution in [-0.4, -0.2) is 35.5 Å². The second-order valence-corrected chi connectivity index (χ2v) is 5.87. The summed E-state index contributed by atoms with van der Waals surface area (Å²) in [5.74, 6) is 2.37. The number of hydrogen-bond donors (Lipinski definition) is 3. The molecular weight excluding hydrogens is 266 g/mol. The Hall–Kier alpha value is -1.85. The molecule has 1 amide bonds. The minimum absolute atomic E-state index is 0.0435. The van der Waals surface area contributed by atoms with Gasteiger partial charge >= 0.3 is 0 Å². The minimum atomic E-state index is -0.124. The molecule has 0 unspecified atom stereocenters. The molecule has 3 N–H and O–H groups in total. The van der Waals surface area contributed by atoms with Crippen molar-refractivity contribution in [1.82, 2.24) is 15.3 Å². The second kappa shape index (κ2) is 7.81. The molecule has 0 atom stereocenters. The predicted octanol–water partition coefficient (Wildman–Crippen LogP) is 2.14. The van der Waals surface area contributed by atoms with Crippen LogP contribution in [0.3, 0.4) is 0 Å². The van der Waals surface area contributed by atoms with Gasteiger partial charge in [0.2, 0.25) is 5.91 Å². The van der Waals surface area contributed by atoms with Crippen molar-refractivity contribution in [2.75, 3.05) is 30.3 Å². The topological polar surface area (TPSA) is 78.9 Å². The number of aromatic nitrogens is 2. The average Bonchev–Trinajstić information content (AvgIpc) is 2.38. The standard InChI is InChI=1S/C15H27N5O/c1-6-16-11-10-12(18-9-8-13(21)17-7-2)20-14(19-11)15(3,4)5/h10H,6-9H2,1-5H3,(H,17,21)(H2,16,18,19,20). The van der Waals surface area contributed by atoms with Gasteiger partial charge in [0.15, 0.2) is 0 Å². The van der Waals surface area contributed by atoms with Gasteiger partial charge in [-0.3, -0.25) is 4.79 Å². The Morgan fingerprint density at radius 1 is 1.10 bits per heavy atom. The van der Waals surface area contributed by atoms with Gasteiger partial charge in [0.05, 0.1) is 0 Å². The molecule has 6 nitrogen and oxygen atoms in total. The number of anilines is 2. The van der Waals surface area contributed by atoms with Gasteiger partial charge in [-0.05, 0) is 13.8 Å². The molecule has 0 saturated heterocycles. The highest BCUT2D eigenvalue weighted by Gasteiger charge is 2.19. The predicted molar refractivity (Wildman–Crippen MR) is 86.7 cm³/mol. The Morgan fingerprint density at radius 3 is 2.24 bits per heavy atom. The lowest BCUT2D eigenvalue weighted by atomic mass is 9.96. The van der Waals surface area contributed by atoms with Crippen LogP contribution in [0.15, 0.2) is 6.07 Å². The first-order chi connectivity index (χ1) is 9.86. The molecule has 1 aromatic heterocycles. The molecule has 0 saturated carbocycles. The van der Waals surface area contributed by atoms with Gasteiger partial charge < -0.3 is 16.0 Å². The van der Waals surface area contributed by atoms with Gasteiger partial charge in [0.1, 0.15) is 17.5 Å². The molecule has 1 aromatic rings. The van der Waals surface area contributed by atoms with Gasteiger partial charge in [-0.2, -0.15) is 0 Å². The first-order valence-electron chi connectivity index (χ1n) is 7.50. The second-order valence-electron chi connectivity index (χ2n) is 5.87. The number of carbonyl (C=O) groups is 1. The van der Waals surface area contributed by atoms with Gasteiger partial charge in [0, 0.05) is 37.5 Å². The lowest BCUT2D eigenvalue weighted by Crippen LogP contribution is -2.25. The summed E-state index contributed by atoms with van der Waals surface area (Å²) < 4.78 is 0. The van der Waals surface area contributed by atoms with E-state index in [0.717, 1.165) is 24.0 Å². The zero-order valence-corrected chi connectivity index (χ0v) is 13.7. The van der Waals surface area contributed by atoms with E-state index in [2.05, 4.69) is 46.7 Å². The van der Waals surface area contributed by atoms with E-state index in [-0.39, 0.29) is 11.3 Å². The molecule has 1 heterocycles. The highest BCUT2D eigenvalue weighted by atomic mass is 16.1. The molecule has 0 bridgehead atoms. The molecule has 0 spiro atoms. The molecular formula is C15H27N5O.